The number of Topliss-reactive ketones (excluding diaryl/α,β-unsaturated/α-hetero) is 1. The summed E-state index contributed by atoms with van der Waals surface area (Å²) in [6.07, 6.45) is 2.01. The van der Waals surface area contributed by atoms with Gasteiger partial charge in [0.15, 0.2) is 11.6 Å². The molecular weight excluding hydrogens is 452 g/mol. The van der Waals surface area contributed by atoms with Crippen molar-refractivity contribution in [1.82, 2.24) is 20.2 Å². The second kappa shape index (κ2) is 7.71. The second-order valence-electron chi connectivity index (χ2n) is 9.94. The first-order valence-electron chi connectivity index (χ1n) is 11.4. The summed E-state index contributed by atoms with van der Waals surface area (Å²) in [7, 11) is -3.94. The molecule has 3 N–H and O–H groups in total. The van der Waals surface area contributed by atoms with E-state index in [1.165, 1.54) is 0 Å². The van der Waals surface area contributed by atoms with Crippen molar-refractivity contribution in [2.24, 2.45) is 10.6 Å². The van der Waals surface area contributed by atoms with Crippen molar-refractivity contribution in [3.63, 3.8) is 0 Å². The van der Waals surface area contributed by atoms with Gasteiger partial charge < -0.3 is 5.32 Å². The van der Waals surface area contributed by atoms with E-state index >= 15 is 0 Å². The van der Waals surface area contributed by atoms with Crippen LogP contribution >= 0.6 is 0 Å². The van der Waals surface area contributed by atoms with Crippen LogP contribution in [0.5, 0.6) is 0 Å². The summed E-state index contributed by atoms with van der Waals surface area (Å²) in [6, 6.07) is 13.6. The van der Waals surface area contributed by atoms with Gasteiger partial charge in [0.05, 0.1) is 11.7 Å². The van der Waals surface area contributed by atoms with Crippen LogP contribution in [-0.4, -0.2) is 39.2 Å². The number of nitrogens with one attached hydrogen (secondary N) is 1. The van der Waals surface area contributed by atoms with E-state index < -0.39 is 20.6 Å². The fourth-order valence-corrected chi connectivity index (χ4v) is 6.03. The predicted octanol–water partition coefficient (Wildman–Crippen LogP) is 2.96. The number of hydrogen-bond donors (Lipinski definition) is 2. The van der Waals surface area contributed by atoms with E-state index in [0.29, 0.717) is 5.56 Å². The molecule has 1 fully saturated rings. The van der Waals surface area contributed by atoms with E-state index in [2.05, 4.69) is 46.8 Å². The van der Waals surface area contributed by atoms with Crippen molar-refractivity contribution in [3.05, 3.63) is 65.0 Å². The number of benzene rings is 2. The summed E-state index contributed by atoms with van der Waals surface area (Å²) in [4.78, 5) is 13.0. The first kappa shape index (κ1) is 22.7. The minimum atomic E-state index is -3.94. The van der Waals surface area contributed by atoms with E-state index in [-0.39, 0.29) is 24.3 Å². The molecule has 1 saturated carbocycles. The molecule has 2 aliphatic rings. The van der Waals surface area contributed by atoms with Crippen LogP contribution in [0.1, 0.15) is 67.0 Å². The molecule has 0 amide bonds. The molecular formula is C24H28N6O3S. The lowest BCUT2D eigenvalue weighted by Gasteiger charge is -2.41. The third-order valence-corrected chi connectivity index (χ3v) is 8.74. The van der Waals surface area contributed by atoms with Gasteiger partial charge in [-0.05, 0) is 76.6 Å². The van der Waals surface area contributed by atoms with Gasteiger partial charge in [0.2, 0.25) is 10.0 Å². The number of nitrogens with two attached hydrogens (primary N) is 1. The number of carbonyl (C=O) groups excluding carboxylic acids is 1. The van der Waals surface area contributed by atoms with Crippen LogP contribution in [0.4, 0.5) is 5.69 Å². The van der Waals surface area contributed by atoms with Crippen LogP contribution in [0.25, 0.3) is 5.69 Å². The Labute approximate surface area is 198 Å². The maximum atomic E-state index is 13.0. The Morgan fingerprint density at radius 1 is 1.21 bits per heavy atom. The normalized spacial score (nSPS) is 20.3. The highest BCUT2D eigenvalue weighted by molar-refractivity contribution is 7.91. The summed E-state index contributed by atoms with van der Waals surface area (Å²) in [6.45, 7) is 6.37. The molecule has 1 aliphatic heterocycles. The Morgan fingerprint density at radius 2 is 1.97 bits per heavy atom. The number of aryl methyl sites for hydroxylation is 1. The highest BCUT2D eigenvalue weighted by Crippen LogP contribution is 2.47. The highest BCUT2D eigenvalue weighted by atomic mass is 32.2. The van der Waals surface area contributed by atoms with Crippen molar-refractivity contribution < 1.29 is 13.2 Å². The first-order chi connectivity index (χ1) is 16.1. The number of aromatic nitrogens is 4. The number of tetrazole rings is 1. The fourth-order valence-electron chi connectivity index (χ4n) is 4.98. The van der Waals surface area contributed by atoms with Gasteiger partial charge in [-0.2, -0.15) is 4.68 Å². The number of primary sulfonamides is 1. The summed E-state index contributed by atoms with van der Waals surface area (Å²) in [5.74, 6) is 0.391. The maximum absolute atomic E-state index is 13.0. The maximum Gasteiger partial charge on any atom is 0.222 e. The number of hydrogen-bond acceptors (Lipinski definition) is 7. The van der Waals surface area contributed by atoms with E-state index in [9.17, 15) is 13.2 Å². The van der Waals surface area contributed by atoms with Gasteiger partial charge in [-0.15, -0.1) is 5.10 Å². The number of nitrogens with zero attached hydrogens (tertiary/aromatic N) is 4. The summed E-state index contributed by atoms with van der Waals surface area (Å²) in [5.41, 5.74) is 4.15. The number of rotatable bonds is 6. The van der Waals surface area contributed by atoms with Crippen molar-refractivity contribution >= 4 is 21.5 Å². The molecule has 1 unspecified atom stereocenters. The van der Waals surface area contributed by atoms with Crippen LogP contribution in [0.15, 0.2) is 42.5 Å². The SMILES string of the molecule is CCc1nnnn1-c1cccc(C2Nc3ccc(C(=O)C4(S(N)(=O)=O)CC4)cc3CC2(C)C)c1. The lowest BCUT2D eigenvalue weighted by molar-refractivity contribution is 0.0978. The first-order valence-corrected chi connectivity index (χ1v) is 12.9. The van der Waals surface area contributed by atoms with Crippen LogP contribution < -0.4 is 10.5 Å². The molecule has 1 aromatic heterocycles. The molecule has 0 radical (unpaired) electrons. The van der Waals surface area contributed by atoms with E-state index in [4.69, 9.17) is 5.14 Å². The van der Waals surface area contributed by atoms with Gasteiger partial charge in [-0.3, -0.25) is 4.79 Å². The van der Waals surface area contributed by atoms with Crippen LogP contribution in [0.3, 0.4) is 0 Å². The van der Waals surface area contributed by atoms with Crippen LogP contribution in [0.2, 0.25) is 0 Å². The topological polar surface area (TPSA) is 133 Å². The predicted molar refractivity (Wildman–Crippen MR) is 128 cm³/mol. The molecule has 0 bridgehead atoms. The number of ketones is 1. The quantitative estimate of drug-likeness (QED) is 0.518. The Kier molecular flexibility index (Phi) is 5.14. The number of carbonyl (C=O) groups is 1. The Bertz CT molecular complexity index is 1390. The van der Waals surface area contributed by atoms with Crippen molar-refractivity contribution in [2.75, 3.05) is 5.32 Å². The lowest BCUT2D eigenvalue weighted by atomic mass is 9.72. The fraction of sp³-hybridized carbons (Fsp3) is 0.417. The molecule has 10 heteroatoms. The van der Waals surface area contributed by atoms with E-state index in [1.54, 1.807) is 10.7 Å². The third-order valence-electron chi connectivity index (χ3n) is 7.06. The summed E-state index contributed by atoms with van der Waals surface area (Å²) >= 11 is 0. The summed E-state index contributed by atoms with van der Waals surface area (Å²) in [5, 5.41) is 21.0. The average Bonchev–Trinajstić information content (AvgIpc) is 3.48. The van der Waals surface area contributed by atoms with E-state index in [1.807, 2.05) is 31.2 Å². The monoisotopic (exact) mass is 480 g/mol. The van der Waals surface area contributed by atoms with Gasteiger partial charge in [0.1, 0.15) is 4.75 Å². The highest BCUT2D eigenvalue weighted by Gasteiger charge is 2.59. The standard InChI is InChI=1S/C24H28N6O3S/c1-4-20-27-28-29-30(20)18-7-5-6-15(13-18)21-23(2,3)14-17-12-16(8-9-19(17)26-21)22(31)24(10-11-24)34(25,32)33/h5-9,12-13,21,26H,4,10-11,14H2,1-3H3,(H2,25,32,33). The number of sulfonamides is 1. The minimum absolute atomic E-state index is 0.0160. The molecule has 2 aromatic carbocycles. The second-order valence-corrected chi connectivity index (χ2v) is 11.8. The Morgan fingerprint density at radius 3 is 2.65 bits per heavy atom. The molecule has 0 spiro atoms. The van der Waals surface area contributed by atoms with Gasteiger partial charge in [0.25, 0.3) is 0 Å². The zero-order valence-electron chi connectivity index (χ0n) is 19.4. The molecule has 34 heavy (non-hydrogen) atoms. The zero-order valence-corrected chi connectivity index (χ0v) is 20.3. The molecule has 3 aromatic rings. The Hall–Kier alpha value is -3.11. The molecule has 0 saturated heterocycles. The molecule has 5 rings (SSSR count). The zero-order chi connectivity index (χ0) is 24.3. The average molecular weight is 481 g/mol. The lowest BCUT2D eigenvalue weighted by Crippen LogP contribution is -2.38. The van der Waals surface area contributed by atoms with Gasteiger partial charge in [-0.25, -0.2) is 13.6 Å². The van der Waals surface area contributed by atoms with Gasteiger partial charge in [-0.1, -0.05) is 32.9 Å². The molecule has 9 nitrogen and oxygen atoms in total. The minimum Gasteiger partial charge on any atom is -0.377 e. The Balaban J connectivity index is 1.47. The number of anilines is 1. The number of fused-ring (bicyclic) bond motifs is 1. The summed E-state index contributed by atoms with van der Waals surface area (Å²) < 4.78 is 24.3. The molecule has 1 atom stereocenters. The van der Waals surface area contributed by atoms with Gasteiger partial charge >= 0.3 is 0 Å². The van der Waals surface area contributed by atoms with Crippen molar-refractivity contribution in [1.29, 1.82) is 0 Å². The third kappa shape index (κ3) is 3.61. The molecule has 1 aliphatic carbocycles. The van der Waals surface area contributed by atoms with E-state index in [0.717, 1.165) is 41.2 Å². The van der Waals surface area contributed by atoms with Crippen molar-refractivity contribution in [2.45, 2.75) is 57.2 Å². The molecule has 2 heterocycles. The van der Waals surface area contributed by atoms with Crippen LogP contribution in [0, 0.1) is 5.41 Å². The van der Waals surface area contributed by atoms with Crippen LogP contribution in [-0.2, 0) is 22.9 Å². The van der Waals surface area contributed by atoms with Gasteiger partial charge in [0, 0.05) is 17.7 Å². The molecule has 178 valence electrons. The largest absolute Gasteiger partial charge is 0.377 e. The van der Waals surface area contributed by atoms with Crippen molar-refractivity contribution in [3.8, 4) is 5.69 Å². The smallest absolute Gasteiger partial charge is 0.222 e.